The maximum Gasteiger partial charge on any atom is 0.254 e. The van der Waals surface area contributed by atoms with E-state index < -0.39 is 21.6 Å². The van der Waals surface area contributed by atoms with Gasteiger partial charge in [-0.05, 0) is 18.2 Å². The van der Waals surface area contributed by atoms with Crippen molar-refractivity contribution in [1.29, 1.82) is 0 Å². The Hall–Kier alpha value is -1.63. The van der Waals surface area contributed by atoms with Gasteiger partial charge in [0, 0.05) is 18.0 Å². The Bertz CT molecular complexity index is 543. The fourth-order valence-corrected chi connectivity index (χ4v) is 1.98. The van der Waals surface area contributed by atoms with Gasteiger partial charge in [0.25, 0.3) is 5.91 Å². The Labute approximate surface area is 105 Å². The molecule has 0 saturated carbocycles. The molecule has 1 amide bonds. The zero-order valence-electron chi connectivity index (χ0n) is 9.94. The third-order valence-corrected chi connectivity index (χ3v) is 4.08. The molecular formula is C11H15FN2O3S. The molecule has 0 spiro atoms. The monoisotopic (exact) mass is 274 g/mol. The molecule has 0 aliphatic carbocycles. The summed E-state index contributed by atoms with van der Waals surface area (Å²) in [7, 11) is -3.14. The third kappa shape index (κ3) is 3.99. The second-order valence-electron chi connectivity index (χ2n) is 3.73. The Morgan fingerprint density at radius 2 is 2.11 bits per heavy atom. The minimum atomic E-state index is -3.14. The number of carbonyl (C=O) groups is 1. The summed E-state index contributed by atoms with van der Waals surface area (Å²) in [6.07, 6.45) is 0. The first-order valence-corrected chi connectivity index (χ1v) is 7.21. The number of benzene rings is 1. The van der Waals surface area contributed by atoms with Crippen LogP contribution in [-0.4, -0.2) is 32.4 Å². The summed E-state index contributed by atoms with van der Waals surface area (Å²) in [4.78, 5) is 11.6. The van der Waals surface area contributed by atoms with Gasteiger partial charge in [-0.15, -0.1) is 0 Å². The molecule has 5 nitrogen and oxygen atoms in total. The number of sulfone groups is 1. The van der Waals surface area contributed by atoms with E-state index in [9.17, 15) is 17.6 Å². The van der Waals surface area contributed by atoms with E-state index in [-0.39, 0.29) is 29.3 Å². The van der Waals surface area contributed by atoms with E-state index in [4.69, 9.17) is 5.73 Å². The van der Waals surface area contributed by atoms with Gasteiger partial charge in [-0.25, -0.2) is 12.8 Å². The van der Waals surface area contributed by atoms with Crippen molar-refractivity contribution >= 4 is 21.4 Å². The number of nitrogens with one attached hydrogen (secondary N) is 1. The lowest BCUT2D eigenvalue weighted by Crippen LogP contribution is -2.30. The van der Waals surface area contributed by atoms with Gasteiger partial charge in [0.05, 0.1) is 11.3 Å². The van der Waals surface area contributed by atoms with Gasteiger partial charge in [0.15, 0.2) is 9.84 Å². The average molecular weight is 274 g/mol. The Kier molecular flexibility index (Phi) is 4.66. The molecule has 0 heterocycles. The number of anilines is 1. The molecule has 0 radical (unpaired) electrons. The number of nitrogens with two attached hydrogens (primary N) is 1. The van der Waals surface area contributed by atoms with E-state index in [2.05, 4.69) is 5.32 Å². The molecule has 0 bridgehead atoms. The summed E-state index contributed by atoms with van der Waals surface area (Å²) in [6, 6.07) is 3.70. The summed E-state index contributed by atoms with van der Waals surface area (Å²) < 4.78 is 35.7. The molecule has 0 unspecified atom stereocenters. The van der Waals surface area contributed by atoms with Gasteiger partial charge in [0.2, 0.25) is 0 Å². The molecule has 0 aliphatic rings. The molecule has 0 fully saturated rings. The Balaban J connectivity index is 2.61. The number of hydrogen-bond donors (Lipinski definition) is 2. The molecule has 100 valence electrons. The van der Waals surface area contributed by atoms with Crippen molar-refractivity contribution in [2.24, 2.45) is 0 Å². The first-order valence-electron chi connectivity index (χ1n) is 5.39. The molecule has 1 aromatic carbocycles. The van der Waals surface area contributed by atoms with E-state index >= 15 is 0 Å². The summed E-state index contributed by atoms with van der Waals surface area (Å²) in [5.41, 5.74) is 5.42. The van der Waals surface area contributed by atoms with E-state index in [1.54, 1.807) is 0 Å². The quantitative estimate of drug-likeness (QED) is 0.768. The number of amides is 1. The number of halogens is 1. The average Bonchev–Trinajstić information content (AvgIpc) is 2.28. The largest absolute Gasteiger partial charge is 0.399 e. The van der Waals surface area contributed by atoms with Crippen LogP contribution in [0, 0.1) is 5.82 Å². The van der Waals surface area contributed by atoms with Crippen LogP contribution in [0.5, 0.6) is 0 Å². The fraction of sp³-hybridized carbons (Fsp3) is 0.364. The highest BCUT2D eigenvalue weighted by atomic mass is 32.2. The van der Waals surface area contributed by atoms with Crippen molar-refractivity contribution in [2.45, 2.75) is 6.92 Å². The lowest BCUT2D eigenvalue weighted by atomic mass is 10.2. The second-order valence-corrected chi connectivity index (χ2v) is 6.20. The van der Waals surface area contributed by atoms with Crippen molar-refractivity contribution in [3.8, 4) is 0 Å². The third-order valence-electron chi connectivity index (χ3n) is 2.38. The lowest BCUT2D eigenvalue weighted by Gasteiger charge is -2.06. The molecule has 7 heteroatoms. The summed E-state index contributed by atoms with van der Waals surface area (Å²) in [5.74, 6) is -1.53. The summed E-state index contributed by atoms with van der Waals surface area (Å²) >= 11 is 0. The normalized spacial score (nSPS) is 11.2. The van der Waals surface area contributed by atoms with Crippen molar-refractivity contribution in [2.75, 3.05) is 23.8 Å². The molecule has 0 atom stereocenters. The molecule has 0 saturated heterocycles. The maximum absolute atomic E-state index is 13.4. The van der Waals surface area contributed by atoms with Crippen LogP contribution in [0.2, 0.25) is 0 Å². The van der Waals surface area contributed by atoms with Crippen LogP contribution in [0.3, 0.4) is 0 Å². The summed E-state index contributed by atoms with van der Waals surface area (Å²) in [6.45, 7) is 1.48. The molecular weight excluding hydrogens is 259 g/mol. The molecule has 3 N–H and O–H groups in total. The topological polar surface area (TPSA) is 89.3 Å². The SMILES string of the molecule is CCS(=O)(=O)CCNC(=O)c1ccc(N)cc1F. The predicted molar refractivity (Wildman–Crippen MR) is 67.5 cm³/mol. The molecule has 0 aromatic heterocycles. The van der Waals surface area contributed by atoms with Gasteiger partial charge in [-0.3, -0.25) is 4.79 Å². The van der Waals surface area contributed by atoms with Crippen LogP contribution in [0.15, 0.2) is 18.2 Å². The maximum atomic E-state index is 13.4. The number of hydrogen-bond acceptors (Lipinski definition) is 4. The number of rotatable bonds is 5. The Morgan fingerprint density at radius 3 is 2.67 bits per heavy atom. The predicted octanol–water partition coefficient (Wildman–Crippen LogP) is 0.572. The van der Waals surface area contributed by atoms with Crippen LogP contribution < -0.4 is 11.1 Å². The van der Waals surface area contributed by atoms with E-state index in [1.165, 1.54) is 19.1 Å². The van der Waals surface area contributed by atoms with Gasteiger partial charge in [-0.1, -0.05) is 6.92 Å². The first-order chi connectivity index (χ1) is 8.35. The highest BCUT2D eigenvalue weighted by Gasteiger charge is 2.13. The minimum Gasteiger partial charge on any atom is -0.399 e. The highest BCUT2D eigenvalue weighted by Crippen LogP contribution is 2.11. The van der Waals surface area contributed by atoms with E-state index in [0.29, 0.717) is 0 Å². The van der Waals surface area contributed by atoms with Crippen LogP contribution in [-0.2, 0) is 9.84 Å². The standard InChI is InChI=1S/C11H15FN2O3S/c1-2-18(16,17)6-5-14-11(15)9-4-3-8(13)7-10(9)12/h3-4,7H,2,5-6,13H2,1H3,(H,14,15). The van der Waals surface area contributed by atoms with Crippen molar-refractivity contribution in [3.63, 3.8) is 0 Å². The van der Waals surface area contributed by atoms with Gasteiger partial charge >= 0.3 is 0 Å². The van der Waals surface area contributed by atoms with Crippen molar-refractivity contribution in [1.82, 2.24) is 5.32 Å². The van der Waals surface area contributed by atoms with E-state index in [0.717, 1.165) is 6.07 Å². The highest BCUT2D eigenvalue weighted by molar-refractivity contribution is 7.91. The van der Waals surface area contributed by atoms with Crippen LogP contribution >= 0.6 is 0 Å². The van der Waals surface area contributed by atoms with Gasteiger partial charge in [-0.2, -0.15) is 0 Å². The number of carbonyl (C=O) groups excluding carboxylic acids is 1. The van der Waals surface area contributed by atoms with E-state index in [1.807, 2.05) is 0 Å². The van der Waals surface area contributed by atoms with Gasteiger partial charge in [0.1, 0.15) is 5.82 Å². The zero-order chi connectivity index (χ0) is 13.8. The molecule has 1 aromatic rings. The van der Waals surface area contributed by atoms with Crippen LogP contribution in [0.25, 0.3) is 0 Å². The fourth-order valence-electron chi connectivity index (χ4n) is 1.28. The molecule has 18 heavy (non-hydrogen) atoms. The summed E-state index contributed by atoms with van der Waals surface area (Å²) in [5, 5.41) is 2.35. The van der Waals surface area contributed by atoms with Crippen LogP contribution in [0.1, 0.15) is 17.3 Å². The van der Waals surface area contributed by atoms with Crippen LogP contribution in [0.4, 0.5) is 10.1 Å². The van der Waals surface area contributed by atoms with Gasteiger partial charge < -0.3 is 11.1 Å². The lowest BCUT2D eigenvalue weighted by molar-refractivity contribution is 0.0952. The first kappa shape index (κ1) is 14.4. The Morgan fingerprint density at radius 1 is 1.44 bits per heavy atom. The second kappa shape index (κ2) is 5.81. The molecule has 0 aliphatic heterocycles. The number of nitrogen functional groups attached to an aromatic ring is 1. The zero-order valence-corrected chi connectivity index (χ0v) is 10.8. The molecule has 1 rings (SSSR count). The van der Waals surface area contributed by atoms with Crippen molar-refractivity contribution in [3.05, 3.63) is 29.6 Å². The van der Waals surface area contributed by atoms with Crippen molar-refractivity contribution < 1.29 is 17.6 Å². The minimum absolute atomic E-state index is 0.0130. The smallest absolute Gasteiger partial charge is 0.254 e.